The number of benzene rings is 3. The lowest BCUT2D eigenvalue weighted by atomic mass is 9.90. The molecule has 0 aromatic heterocycles. The highest BCUT2D eigenvalue weighted by Crippen LogP contribution is 2.44. The van der Waals surface area contributed by atoms with Crippen molar-refractivity contribution < 1.29 is 0 Å². The van der Waals surface area contributed by atoms with Crippen LogP contribution in [0.25, 0.3) is 11.1 Å². The van der Waals surface area contributed by atoms with E-state index in [0.717, 1.165) is 6.42 Å². The molecule has 4 rings (SSSR count). The Morgan fingerprint density at radius 3 is 1.83 bits per heavy atom. The fourth-order valence-electron chi connectivity index (χ4n) is 3.50. The van der Waals surface area contributed by atoms with Crippen LogP contribution in [0.2, 0.25) is 0 Å². The molecule has 1 nitrogen and oxygen atoms in total. The molecule has 112 valence electrons. The first kappa shape index (κ1) is 14.0. The monoisotopic (exact) mass is 297 g/mol. The first-order valence-corrected chi connectivity index (χ1v) is 8.03. The normalized spacial score (nSPS) is 16.2. The van der Waals surface area contributed by atoms with E-state index in [2.05, 4.69) is 84.9 Å². The van der Waals surface area contributed by atoms with Crippen molar-refractivity contribution in [2.45, 2.75) is 12.5 Å². The predicted molar refractivity (Wildman–Crippen MR) is 96.8 cm³/mol. The largest absolute Gasteiger partial charge is 0.324 e. The van der Waals surface area contributed by atoms with Crippen LogP contribution < -0.4 is 5.73 Å². The lowest BCUT2D eigenvalue weighted by Crippen LogP contribution is -2.04. The van der Waals surface area contributed by atoms with Gasteiger partial charge in [-0.2, -0.15) is 0 Å². The van der Waals surface area contributed by atoms with Crippen molar-refractivity contribution >= 4 is 11.1 Å². The van der Waals surface area contributed by atoms with Crippen LogP contribution in [0.3, 0.4) is 0 Å². The lowest BCUT2D eigenvalue weighted by Gasteiger charge is -2.14. The zero-order chi connectivity index (χ0) is 15.6. The average molecular weight is 297 g/mol. The Balaban J connectivity index is 2.00. The summed E-state index contributed by atoms with van der Waals surface area (Å²) in [5, 5.41) is 0. The van der Waals surface area contributed by atoms with Gasteiger partial charge in [0, 0.05) is 6.04 Å². The van der Waals surface area contributed by atoms with E-state index in [4.69, 9.17) is 5.73 Å². The summed E-state index contributed by atoms with van der Waals surface area (Å²) in [6.07, 6.45) is 0.887. The summed E-state index contributed by atoms with van der Waals surface area (Å²) in [6.45, 7) is 0. The van der Waals surface area contributed by atoms with Gasteiger partial charge in [0.05, 0.1) is 0 Å². The Labute approximate surface area is 137 Å². The molecule has 0 fully saturated rings. The molecule has 3 aromatic rings. The van der Waals surface area contributed by atoms with Crippen LogP contribution in [-0.2, 0) is 0 Å². The number of hydrogen-bond donors (Lipinski definition) is 1. The summed E-state index contributed by atoms with van der Waals surface area (Å²) in [7, 11) is 0. The average Bonchev–Trinajstić information content (AvgIpc) is 2.94. The molecule has 1 aliphatic carbocycles. The van der Waals surface area contributed by atoms with E-state index >= 15 is 0 Å². The van der Waals surface area contributed by atoms with Crippen LogP contribution in [0.4, 0.5) is 0 Å². The molecule has 3 aromatic carbocycles. The van der Waals surface area contributed by atoms with Crippen LogP contribution in [0, 0.1) is 0 Å². The Morgan fingerprint density at radius 1 is 0.696 bits per heavy atom. The van der Waals surface area contributed by atoms with Crippen LogP contribution >= 0.6 is 0 Å². The van der Waals surface area contributed by atoms with Crippen molar-refractivity contribution in [3.05, 3.63) is 107 Å². The van der Waals surface area contributed by atoms with Gasteiger partial charge in [-0.05, 0) is 39.8 Å². The van der Waals surface area contributed by atoms with Crippen LogP contribution in [0.15, 0.2) is 84.9 Å². The minimum absolute atomic E-state index is 0.0867. The summed E-state index contributed by atoms with van der Waals surface area (Å²) in [4.78, 5) is 0. The standard InChI is InChI=1S/C22H19N/c23-21-15-20(18-13-7-8-14-19(18)21)22(16-9-3-1-4-10-16)17-11-5-2-6-12-17/h1-14,21H,15,23H2. The van der Waals surface area contributed by atoms with Crippen molar-refractivity contribution in [1.82, 2.24) is 0 Å². The summed E-state index contributed by atoms with van der Waals surface area (Å²) in [5.41, 5.74) is 14.1. The molecular formula is C22H19N. The number of nitrogens with two attached hydrogens (primary N) is 1. The van der Waals surface area contributed by atoms with Crippen LogP contribution in [0.1, 0.15) is 34.7 Å². The fraction of sp³-hybridized carbons (Fsp3) is 0.0909. The molecule has 23 heavy (non-hydrogen) atoms. The smallest absolute Gasteiger partial charge is 0.0342 e. The second-order valence-corrected chi connectivity index (χ2v) is 5.98. The molecule has 0 saturated heterocycles. The molecule has 0 heterocycles. The molecule has 0 aliphatic heterocycles. The summed E-state index contributed by atoms with van der Waals surface area (Å²) in [5.74, 6) is 0. The van der Waals surface area contributed by atoms with Gasteiger partial charge in [0.15, 0.2) is 0 Å². The summed E-state index contributed by atoms with van der Waals surface area (Å²) < 4.78 is 0. The molecule has 0 saturated carbocycles. The topological polar surface area (TPSA) is 26.0 Å². The zero-order valence-corrected chi connectivity index (χ0v) is 12.9. The van der Waals surface area contributed by atoms with Gasteiger partial charge in [-0.25, -0.2) is 0 Å². The van der Waals surface area contributed by atoms with Crippen molar-refractivity contribution in [2.24, 2.45) is 5.73 Å². The van der Waals surface area contributed by atoms with Crippen molar-refractivity contribution in [2.75, 3.05) is 0 Å². The third-order valence-electron chi connectivity index (χ3n) is 4.54. The second kappa shape index (κ2) is 5.86. The van der Waals surface area contributed by atoms with Gasteiger partial charge in [-0.1, -0.05) is 84.9 Å². The minimum Gasteiger partial charge on any atom is -0.324 e. The molecule has 0 radical (unpaired) electrons. The molecule has 0 spiro atoms. The first-order valence-electron chi connectivity index (χ1n) is 8.03. The van der Waals surface area contributed by atoms with E-state index in [0.29, 0.717) is 0 Å². The molecule has 2 N–H and O–H groups in total. The molecule has 0 amide bonds. The van der Waals surface area contributed by atoms with Crippen molar-refractivity contribution in [1.29, 1.82) is 0 Å². The van der Waals surface area contributed by atoms with Gasteiger partial charge in [-0.3, -0.25) is 0 Å². The molecular weight excluding hydrogens is 278 g/mol. The number of hydrogen-bond acceptors (Lipinski definition) is 1. The second-order valence-electron chi connectivity index (χ2n) is 5.98. The van der Waals surface area contributed by atoms with Gasteiger partial charge in [-0.15, -0.1) is 0 Å². The van der Waals surface area contributed by atoms with Crippen molar-refractivity contribution in [3.63, 3.8) is 0 Å². The summed E-state index contributed by atoms with van der Waals surface area (Å²) in [6, 6.07) is 29.9. The fourth-order valence-corrected chi connectivity index (χ4v) is 3.50. The highest BCUT2D eigenvalue weighted by Gasteiger charge is 2.26. The Hall–Kier alpha value is -2.64. The van der Waals surface area contributed by atoms with Gasteiger partial charge >= 0.3 is 0 Å². The Morgan fingerprint density at radius 2 is 1.22 bits per heavy atom. The van der Waals surface area contributed by atoms with E-state index in [1.54, 1.807) is 0 Å². The highest BCUT2D eigenvalue weighted by molar-refractivity contribution is 6.00. The molecule has 1 aliphatic rings. The SMILES string of the molecule is NC1CC(=C(c2ccccc2)c2ccccc2)c2ccccc21. The number of rotatable bonds is 2. The van der Waals surface area contributed by atoms with E-state index in [1.807, 2.05) is 0 Å². The third kappa shape index (κ3) is 2.49. The maximum absolute atomic E-state index is 6.40. The van der Waals surface area contributed by atoms with E-state index < -0.39 is 0 Å². The zero-order valence-electron chi connectivity index (χ0n) is 12.9. The Bertz CT molecular complexity index is 806. The van der Waals surface area contributed by atoms with Gasteiger partial charge in [0.25, 0.3) is 0 Å². The Kier molecular flexibility index (Phi) is 3.57. The third-order valence-corrected chi connectivity index (χ3v) is 4.54. The molecule has 1 heteroatoms. The number of fused-ring (bicyclic) bond motifs is 1. The molecule has 1 atom stereocenters. The van der Waals surface area contributed by atoms with Crippen LogP contribution in [0.5, 0.6) is 0 Å². The highest BCUT2D eigenvalue weighted by atomic mass is 14.7. The minimum atomic E-state index is 0.0867. The van der Waals surface area contributed by atoms with Crippen LogP contribution in [-0.4, -0.2) is 0 Å². The summed E-state index contributed by atoms with van der Waals surface area (Å²) >= 11 is 0. The van der Waals surface area contributed by atoms with Gasteiger partial charge in [0.2, 0.25) is 0 Å². The van der Waals surface area contributed by atoms with Crippen molar-refractivity contribution in [3.8, 4) is 0 Å². The van der Waals surface area contributed by atoms with E-state index in [1.165, 1.54) is 33.4 Å². The molecule has 0 bridgehead atoms. The maximum atomic E-state index is 6.40. The van der Waals surface area contributed by atoms with E-state index in [-0.39, 0.29) is 6.04 Å². The predicted octanol–water partition coefficient (Wildman–Crippen LogP) is 5.05. The maximum Gasteiger partial charge on any atom is 0.0342 e. The van der Waals surface area contributed by atoms with Gasteiger partial charge in [0.1, 0.15) is 0 Å². The molecule has 1 unspecified atom stereocenters. The van der Waals surface area contributed by atoms with Gasteiger partial charge < -0.3 is 5.73 Å². The quantitative estimate of drug-likeness (QED) is 0.704. The lowest BCUT2D eigenvalue weighted by molar-refractivity contribution is 0.783. The first-order chi connectivity index (χ1) is 11.3. The van der Waals surface area contributed by atoms with E-state index in [9.17, 15) is 0 Å².